The average Bonchev–Trinajstić information content (AvgIpc) is 3.00. The standard InChI is InChI=1S/C12H20N2O2S3/c1-2-4-13-7-11-6-12(9-18-11)19(15,16)14-10-3-5-17-8-10/h6,9-10,13-14H,2-5,7-8H2,1H3. The molecular formula is C12H20N2O2S3. The Balaban J connectivity index is 1.95. The third-order valence-corrected chi connectivity index (χ3v) is 6.67. The zero-order chi connectivity index (χ0) is 13.7. The molecule has 108 valence electrons. The average molecular weight is 321 g/mol. The van der Waals surface area contributed by atoms with Gasteiger partial charge in [0, 0.05) is 28.6 Å². The maximum atomic E-state index is 12.2. The van der Waals surface area contributed by atoms with Gasteiger partial charge < -0.3 is 5.32 Å². The highest BCUT2D eigenvalue weighted by molar-refractivity contribution is 7.99. The van der Waals surface area contributed by atoms with Gasteiger partial charge >= 0.3 is 0 Å². The molecule has 1 aliphatic heterocycles. The highest BCUT2D eigenvalue weighted by atomic mass is 32.2. The molecule has 2 rings (SSSR count). The lowest BCUT2D eigenvalue weighted by Crippen LogP contribution is -2.34. The maximum Gasteiger partial charge on any atom is 0.241 e. The summed E-state index contributed by atoms with van der Waals surface area (Å²) in [4.78, 5) is 1.47. The van der Waals surface area contributed by atoms with Crippen LogP contribution in [-0.4, -0.2) is 32.5 Å². The minimum absolute atomic E-state index is 0.0940. The molecular weight excluding hydrogens is 300 g/mol. The van der Waals surface area contributed by atoms with E-state index in [-0.39, 0.29) is 6.04 Å². The van der Waals surface area contributed by atoms with Crippen molar-refractivity contribution >= 4 is 33.1 Å². The van der Waals surface area contributed by atoms with Gasteiger partial charge in [0.1, 0.15) is 0 Å². The zero-order valence-corrected chi connectivity index (χ0v) is 13.5. The first-order valence-corrected chi connectivity index (χ1v) is 10.0. The Bertz CT molecular complexity index is 493. The summed E-state index contributed by atoms with van der Waals surface area (Å²) in [5.74, 6) is 1.93. The molecule has 1 aliphatic rings. The first-order valence-electron chi connectivity index (χ1n) is 6.50. The Labute approximate surface area is 123 Å². The monoisotopic (exact) mass is 320 g/mol. The van der Waals surface area contributed by atoms with Crippen LogP contribution in [-0.2, 0) is 16.6 Å². The summed E-state index contributed by atoms with van der Waals surface area (Å²) >= 11 is 3.30. The van der Waals surface area contributed by atoms with Gasteiger partial charge in [-0.25, -0.2) is 13.1 Å². The van der Waals surface area contributed by atoms with Gasteiger partial charge in [-0.05, 0) is 31.2 Å². The molecule has 1 atom stereocenters. The lowest BCUT2D eigenvalue weighted by molar-refractivity contribution is 0.563. The van der Waals surface area contributed by atoms with Crippen molar-refractivity contribution in [2.75, 3.05) is 18.1 Å². The van der Waals surface area contributed by atoms with Crippen LogP contribution in [0.1, 0.15) is 24.6 Å². The maximum absolute atomic E-state index is 12.2. The Morgan fingerprint density at radius 2 is 2.32 bits per heavy atom. The van der Waals surface area contributed by atoms with E-state index in [0.717, 1.165) is 42.3 Å². The van der Waals surface area contributed by atoms with Crippen LogP contribution in [0.3, 0.4) is 0 Å². The number of thiophene rings is 1. The van der Waals surface area contributed by atoms with Crippen molar-refractivity contribution < 1.29 is 8.42 Å². The number of hydrogen-bond acceptors (Lipinski definition) is 5. The summed E-state index contributed by atoms with van der Waals surface area (Å²) in [6.45, 7) is 3.81. The normalized spacial score (nSPS) is 19.9. The fourth-order valence-electron chi connectivity index (χ4n) is 1.90. The lowest BCUT2D eigenvalue weighted by atomic mass is 10.3. The van der Waals surface area contributed by atoms with E-state index in [9.17, 15) is 8.42 Å². The summed E-state index contributed by atoms with van der Waals surface area (Å²) in [5.41, 5.74) is 0. The SMILES string of the molecule is CCCNCc1cc(S(=O)(=O)NC2CCSC2)cs1. The topological polar surface area (TPSA) is 58.2 Å². The minimum atomic E-state index is -3.33. The van der Waals surface area contributed by atoms with E-state index in [1.54, 1.807) is 23.2 Å². The zero-order valence-electron chi connectivity index (χ0n) is 11.0. The summed E-state index contributed by atoms with van der Waals surface area (Å²) in [5, 5.41) is 5.01. The van der Waals surface area contributed by atoms with Gasteiger partial charge in [0.15, 0.2) is 0 Å². The van der Waals surface area contributed by atoms with Crippen molar-refractivity contribution in [1.29, 1.82) is 0 Å². The lowest BCUT2D eigenvalue weighted by Gasteiger charge is -2.10. The van der Waals surface area contributed by atoms with E-state index in [4.69, 9.17) is 0 Å². The molecule has 4 nitrogen and oxygen atoms in total. The third kappa shape index (κ3) is 4.46. The Morgan fingerprint density at radius 1 is 1.47 bits per heavy atom. The van der Waals surface area contributed by atoms with E-state index in [0.29, 0.717) is 4.90 Å². The second kappa shape index (κ2) is 7.08. The molecule has 7 heteroatoms. The van der Waals surface area contributed by atoms with Gasteiger partial charge in [0.25, 0.3) is 0 Å². The molecule has 19 heavy (non-hydrogen) atoms. The van der Waals surface area contributed by atoms with Crippen molar-refractivity contribution in [3.8, 4) is 0 Å². The second-order valence-electron chi connectivity index (χ2n) is 4.61. The summed E-state index contributed by atoms with van der Waals surface area (Å²) in [6.07, 6.45) is 2.01. The Morgan fingerprint density at radius 3 is 3.00 bits per heavy atom. The van der Waals surface area contributed by atoms with Crippen molar-refractivity contribution in [2.24, 2.45) is 0 Å². The van der Waals surface area contributed by atoms with Gasteiger partial charge in [-0.15, -0.1) is 11.3 Å². The first-order chi connectivity index (χ1) is 9.12. The first kappa shape index (κ1) is 15.3. The smallest absolute Gasteiger partial charge is 0.241 e. The van der Waals surface area contributed by atoms with E-state index in [2.05, 4.69) is 17.0 Å². The fraction of sp³-hybridized carbons (Fsp3) is 0.667. The predicted molar refractivity (Wildman–Crippen MR) is 82.4 cm³/mol. The molecule has 1 unspecified atom stereocenters. The van der Waals surface area contributed by atoms with Crippen LogP contribution in [0.15, 0.2) is 16.3 Å². The molecule has 0 amide bonds. The molecule has 0 radical (unpaired) electrons. The highest BCUT2D eigenvalue weighted by Crippen LogP contribution is 2.22. The number of hydrogen-bond donors (Lipinski definition) is 2. The van der Waals surface area contributed by atoms with Crippen LogP contribution in [0.4, 0.5) is 0 Å². The van der Waals surface area contributed by atoms with Crippen LogP contribution in [0.2, 0.25) is 0 Å². The van der Waals surface area contributed by atoms with Gasteiger partial charge in [0.2, 0.25) is 10.0 Å². The molecule has 1 aromatic heterocycles. The highest BCUT2D eigenvalue weighted by Gasteiger charge is 2.23. The van der Waals surface area contributed by atoms with Crippen LogP contribution in [0.25, 0.3) is 0 Å². The van der Waals surface area contributed by atoms with Crippen molar-refractivity contribution in [3.05, 3.63) is 16.3 Å². The van der Waals surface area contributed by atoms with Gasteiger partial charge in [0.05, 0.1) is 4.90 Å². The van der Waals surface area contributed by atoms with Gasteiger partial charge in [-0.3, -0.25) is 0 Å². The molecule has 1 aromatic rings. The molecule has 2 heterocycles. The number of thioether (sulfide) groups is 1. The van der Waals surface area contributed by atoms with Crippen molar-refractivity contribution in [2.45, 2.75) is 37.2 Å². The molecule has 0 bridgehead atoms. The molecule has 0 spiro atoms. The second-order valence-corrected chi connectivity index (χ2v) is 8.47. The molecule has 1 saturated heterocycles. The largest absolute Gasteiger partial charge is 0.312 e. The number of rotatable bonds is 7. The Kier molecular flexibility index (Phi) is 5.70. The summed E-state index contributed by atoms with van der Waals surface area (Å²) in [7, 11) is -3.33. The predicted octanol–water partition coefficient (Wildman–Crippen LogP) is 2.03. The summed E-state index contributed by atoms with van der Waals surface area (Å²) in [6, 6.07) is 1.87. The quantitative estimate of drug-likeness (QED) is 0.755. The van der Waals surface area contributed by atoms with E-state index in [1.165, 1.54) is 11.3 Å². The van der Waals surface area contributed by atoms with Crippen LogP contribution in [0, 0.1) is 0 Å². The fourth-order valence-corrected chi connectivity index (χ4v) is 5.67. The molecule has 1 fully saturated rings. The molecule has 0 aliphatic carbocycles. The van der Waals surface area contributed by atoms with Gasteiger partial charge in [-0.2, -0.15) is 11.8 Å². The number of nitrogens with one attached hydrogen (secondary N) is 2. The Hall–Kier alpha value is -0.0800. The van der Waals surface area contributed by atoms with Crippen molar-refractivity contribution in [1.82, 2.24) is 10.0 Å². The molecule has 0 saturated carbocycles. The van der Waals surface area contributed by atoms with E-state index < -0.39 is 10.0 Å². The van der Waals surface area contributed by atoms with Gasteiger partial charge in [-0.1, -0.05) is 6.92 Å². The van der Waals surface area contributed by atoms with Crippen LogP contribution < -0.4 is 10.0 Å². The molecule has 2 N–H and O–H groups in total. The molecule has 0 aromatic carbocycles. The van der Waals surface area contributed by atoms with Crippen LogP contribution >= 0.6 is 23.1 Å². The number of sulfonamides is 1. The minimum Gasteiger partial charge on any atom is -0.312 e. The van der Waals surface area contributed by atoms with Crippen molar-refractivity contribution in [3.63, 3.8) is 0 Å². The third-order valence-electron chi connectivity index (χ3n) is 2.92. The van der Waals surface area contributed by atoms with E-state index >= 15 is 0 Å². The van der Waals surface area contributed by atoms with Crippen LogP contribution in [0.5, 0.6) is 0 Å². The van der Waals surface area contributed by atoms with E-state index in [1.807, 2.05) is 0 Å². The summed E-state index contributed by atoms with van der Waals surface area (Å²) < 4.78 is 27.2.